The Morgan fingerprint density at radius 2 is 2.12 bits per heavy atom. The predicted octanol–water partition coefficient (Wildman–Crippen LogP) is 2.62. The van der Waals surface area contributed by atoms with E-state index in [9.17, 15) is 4.39 Å². The van der Waals surface area contributed by atoms with E-state index >= 15 is 0 Å². The molecule has 1 atom stereocenters. The predicted molar refractivity (Wildman–Crippen MR) is 68.9 cm³/mol. The zero-order chi connectivity index (χ0) is 12.8. The van der Waals surface area contributed by atoms with Gasteiger partial charge in [-0.05, 0) is 24.5 Å². The first-order chi connectivity index (χ1) is 8.06. The number of rotatable bonds is 6. The number of hydrogen-bond donors (Lipinski definition) is 2. The summed E-state index contributed by atoms with van der Waals surface area (Å²) in [6, 6.07) is 4.94. The molecule has 0 saturated heterocycles. The second-order valence-electron chi connectivity index (χ2n) is 4.56. The number of nitrogens with one attached hydrogen (secondary N) is 1. The van der Waals surface area contributed by atoms with Crippen molar-refractivity contribution < 1.29 is 9.13 Å². The molecule has 3 nitrogen and oxygen atoms in total. The van der Waals surface area contributed by atoms with E-state index in [1.54, 1.807) is 12.1 Å². The number of ether oxygens (including phenoxy) is 1. The third kappa shape index (κ3) is 4.23. The van der Waals surface area contributed by atoms with Gasteiger partial charge in [0.25, 0.3) is 0 Å². The van der Waals surface area contributed by atoms with Crippen molar-refractivity contribution in [2.45, 2.75) is 26.3 Å². The normalized spacial score (nSPS) is 12.6. The molecule has 1 aromatic carbocycles. The largest absolute Gasteiger partial charge is 0.494 e. The number of hydrogen-bond acceptors (Lipinski definition) is 3. The molecule has 1 aromatic rings. The Kier molecular flexibility index (Phi) is 5.22. The maximum Gasteiger partial charge on any atom is 0.165 e. The maximum absolute atomic E-state index is 13.2. The summed E-state index contributed by atoms with van der Waals surface area (Å²) in [5.41, 5.74) is 6.53. The number of methoxy groups -OCH3 is 1. The molecule has 4 heteroatoms. The van der Waals surface area contributed by atoms with Gasteiger partial charge in [-0.3, -0.25) is 0 Å². The summed E-state index contributed by atoms with van der Waals surface area (Å²) in [5.74, 6) is 0.458. The van der Waals surface area contributed by atoms with E-state index in [0.717, 1.165) is 12.1 Å². The Morgan fingerprint density at radius 3 is 2.65 bits per heavy atom. The van der Waals surface area contributed by atoms with Gasteiger partial charge in [0.05, 0.1) is 7.11 Å². The van der Waals surface area contributed by atoms with Crippen LogP contribution < -0.4 is 15.8 Å². The molecule has 0 saturated carbocycles. The zero-order valence-corrected chi connectivity index (χ0v) is 10.7. The molecular formula is C13H21FN2O. The summed E-state index contributed by atoms with van der Waals surface area (Å²) in [4.78, 5) is 0. The average molecular weight is 240 g/mol. The molecule has 0 aliphatic heterocycles. The zero-order valence-electron chi connectivity index (χ0n) is 10.7. The highest BCUT2D eigenvalue weighted by Gasteiger charge is 2.10. The lowest BCUT2D eigenvalue weighted by Crippen LogP contribution is -2.30. The van der Waals surface area contributed by atoms with Crippen LogP contribution in [0.2, 0.25) is 0 Å². The minimum absolute atomic E-state index is 0.199. The van der Waals surface area contributed by atoms with E-state index in [1.165, 1.54) is 13.2 Å². The van der Waals surface area contributed by atoms with E-state index in [4.69, 9.17) is 10.5 Å². The summed E-state index contributed by atoms with van der Waals surface area (Å²) in [6.07, 6.45) is 0.982. The smallest absolute Gasteiger partial charge is 0.165 e. The Bertz CT molecular complexity index is 355. The fourth-order valence-corrected chi connectivity index (χ4v) is 1.77. The number of nitrogens with two attached hydrogens (primary N) is 1. The standard InChI is InChI=1S/C13H21FN2O/c1-9(2)6-11(8-15)16-10-4-5-12(14)13(7-10)17-3/h4-5,7,9,11,16H,6,8,15H2,1-3H3. The fraction of sp³-hybridized carbons (Fsp3) is 0.538. The average Bonchev–Trinajstić information content (AvgIpc) is 2.30. The molecule has 0 amide bonds. The summed E-state index contributed by atoms with van der Waals surface area (Å²) in [5, 5.41) is 3.29. The lowest BCUT2D eigenvalue weighted by molar-refractivity contribution is 0.386. The number of benzene rings is 1. The van der Waals surface area contributed by atoms with Gasteiger partial charge in [-0.25, -0.2) is 4.39 Å². The van der Waals surface area contributed by atoms with Crippen LogP contribution in [-0.4, -0.2) is 19.7 Å². The van der Waals surface area contributed by atoms with Crippen LogP contribution in [0.4, 0.5) is 10.1 Å². The van der Waals surface area contributed by atoms with Crippen molar-refractivity contribution in [1.29, 1.82) is 0 Å². The van der Waals surface area contributed by atoms with Gasteiger partial charge in [-0.15, -0.1) is 0 Å². The second kappa shape index (κ2) is 6.45. The van der Waals surface area contributed by atoms with Crippen LogP contribution in [0.5, 0.6) is 5.75 Å². The summed E-state index contributed by atoms with van der Waals surface area (Å²) < 4.78 is 18.2. The molecule has 0 spiro atoms. The highest BCUT2D eigenvalue weighted by Crippen LogP contribution is 2.22. The molecule has 0 fully saturated rings. The van der Waals surface area contributed by atoms with Gasteiger partial charge >= 0.3 is 0 Å². The third-order valence-electron chi connectivity index (χ3n) is 2.56. The van der Waals surface area contributed by atoms with Crippen LogP contribution in [0.15, 0.2) is 18.2 Å². The van der Waals surface area contributed by atoms with Gasteiger partial charge in [0, 0.05) is 24.3 Å². The van der Waals surface area contributed by atoms with E-state index in [1.807, 2.05) is 0 Å². The maximum atomic E-state index is 13.2. The van der Waals surface area contributed by atoms with Gasteiger partial charge in [0.2, 0.25) is 0 Å². The molecule has 0 bridgehead atoms. The van der Waals surface area contributed by atoms with Crippen molar-refractivity contribution in [3.63, 3.8) is 0 Å². The van der Waals surface area contributed by atoms with E-state index in [-0.39, 0.29) is 17.6 Å². The molecule has 0 aromatic heterocycles. The lowest BCUT2D eigenvalue weighted by Gasteiger charge is -2.20. The highest BCUT2D eigenvalue weighted by molar-refractivity contribution is 5.49. The van der Waals surface area contributed by atoms with Crippen LogP contribution in [-0.2, 0) is 0 Å². The van der Waals surface area contributed by atoms with Gasteiger partial charge < -0.3 is 15.8 Å². The molecule has 96 valence electrons. The molecule has 17 heavy (non-hydrogen) atoms. The first-order valence-corrected chi connectivity index (χ1v) is 5.87. The lowest BCUT2D eigenvalue weighted by atomic mass is 10.0. The van der Waals surface area contributed by atoms with Gasteiger partial charge in [-0.1, -0.05) is 13.8 Å². The molecule has 3 N–H and O–H groups in total. The Morgan fingerprint density at radius 1 is 1.41 bits per heavy atom. The van der Waals surface area contributed by atoms with Gasteiger partial charge in [0.15, 0.2) is 11.6 Å². The first kappa shape index (κ1) is 13.8. The Hall–Kier alpha value is -1.29. The van der Waals surface area contributed by atoms with Gasteiger partial charge in [-0.2, -0.15) is 0 Å². The minimum Gasteiger partial charge on any atom is -0.494 e. The van der Waals surface area contributed by atoms with Crippen LogP contribution in [0.3, 0.4) is 0 Å². The van der Waals surface area contributed by atoms with Crippen LogP contribution >= 0.6 is 0 Å². The molecular weight excluding hydrogens is 219 g/mol. The Balaban J connectivity index is 2.72. The van der Waals surface area contributed by atoms with Crippen molar-refractivity contribution in [2.24, 2.45) is 11.7 Å². The van der Waals surface area contributed by atoms with Crippen LogP contribution in [0, 0.1) is 11.7 Å². The first-order valence-electron chi connectivity index (χ1n) is 5.87. The number of halogens is 1. The van der Waals surface area contributed by atoms with Crippen molar-refractivity contribution in [1.82, 2.24) is 0 Å². The summed E-state index contributed by atoms with van der Waals surface area (Å²) in [7, 11) is 1.46. The quantitative estimate of drug-likeness (QED) is 0.803. The van der Waals surface area contributed by atoms with Crippen molar-refractivity contribution in [3.8, 4) is 5.75 Å². The van der Waals surface area contributed by atoms with E-state index in [2.05, 4.69) is 19.2 Å². The Labute approximate surface area is 102 Å². The van der Waals surface area contributed by atoms with E-state index < -0.39 is 0 Å². The summed E-state index contributed by atoms with van der Waals surface area (Å²) >= 11 is 0. The van der Waals surface area contributed by atoms with Gasteiger partial charge in [0.1, 0.15) is 0 Å². The minimum atomic E-state index is -0.355. The molecule has 0 radical (unpaired) electrons. The van der Waals surface area contributed by atoms with Crippen molar-refractivity contribution >= 4 is 5.69 Å². The molecule has 0 aliphatic rings. The molecule has 1 rings (SSSR count). The molecule has 0 aliphatic carbocycles. The fourth-order valence-electron chi connectivity index (χ4n) is 1.77. The molecule has 0 heterocycles. The number of anilines is 1. The van der Waals surface area contributed by atoms with Crippen molar-refractivity contribution in [3.05, 3.63) is 24.0 Å². The van der Waals surface area contributed by atoms with Crippen LogP contribution in [0.25, 0.3) is 0 Å². The highest BCUT2D eigenvalue weighted by atomic mass is 19.1. The van der Waals surface area contributed by atoms with Crippen molar-refractivity contribution in [2.75, 3.05) is 19.0 Å². The SMILES string of the molecule is COc1cc(NC(CN)CC(C)C)ccc1F. The second-order valence-corrected chi connectivity index (χ2v) is 4.56. The van der Waals surface area contributed by atoms with Crippen LogP contribution in [0.1, 0.15) is 20.3 Å². The summed E-state index contributed by atoms with van der Waals surface area (Å²) in [6.45, 7) is 4.85. The van der Waals surface area contributed by atoms with E-state index in [0.29, 0.717) is 12.5 Å². The monoisotopic (exact) mass is 240 g/mol. The third-order valence-corrected chi connectivity index (χ3v) is 2.56. The topological polar surface area (TPSA) is 47.3 Å². The molecule has 1 unspecified atom stereocenters.